The standard InChI is InChI=1S/C32H66S/c1-11-13-15-21-31(23-17-27(3)4,24-18-28(5)6)33-32(22-16-14-12-2,25-19-29(7)8)26-20-30(9)10/h27-30H,11-26H2,1-10H3. The third-order valence-electron chi connectivity index (χ3n) is 7.61. The van der Waals surface area contributed by atoms with E-state index in [-0.39, 0.29) is 0 Å². The molecule has 0 amide bonds. The third-order valence-corrected chi connectivity index (χ3v) is 9.70. The molecule has 0 aliphatic heterocycles. The van der Waals surface area contributed by atoms with Gasteiger partial charge in [-0.2, -0.15) is 0 Å². The molecule has 0 rings (SSSR count). The van der Waals surface area contributed by atoms with E-state index >= 15 is 0 Å². The minimum atomic E-state index is 0.490. The Balaban J connectivity index is 6.13. The van der Waals surface area contributed by atoms with Crippen LogP contribution in [0.2, 0.25) is 0 Å². The van der Waals surface area contributed by atoms with E-state index in [1.165, 1.54) is 103 Å². The minimum absolute atomic E-state index is 0.490. The molecule has 200 valence electrons. The summed E-state index contributed by atoms with van der Waals surface area (Å²) in [6.07, 6.45) is 22.6. The molecule has 0 saturated carbocycles. The molecule has 0 aromatic carbocycles. The maximum absolute atomic E-state index is 2.55. The van der Waals surface area contributed by atoms with Crippen molar-refractivity contribution in [2.24, 2.45) is 23.7 Å². The smallest absolute Gasteiger partial charge is 0.0165 e. The highest BCUT2D eigenvalue weighted by Crippen LogP contribution is 2.53. The van der Waals surface area contributed by atoms with Crippen molar-refractivity contribution in [2.45, 2.75) is 181 Å². The van der Waals surface area contributed by atoms with Gasteiger partial charge in [-0.1, -0.05) is 108 Å². The monoisotopic (exact) mass is 482 g/mol. The molecule has 0 aliphatic carbocycles. The molecule has 0 bridgehead atoms. The van der Waals surface area contributed by atoms with Crippen LogP contribution in [0.15, 0.2) is 0 Å². The number of thioether (sulfide) groups is 1. The van der Waals surface area contributed by atoms with Crippen LogP contribution in [0.4, 0.5) is 0 Å². The summed E-state index contributed by atoms with van der Waals surface area (Å²) in [5.74, 6) is 3.26. The Hall–Kier alpha value is 0.350. The van der Waals surface area contributed by atoms with Gasteiger partial charge in [-0.25, -0.2) is 0 Å². The average Bonchev–Trinajstić information content (AvgIpc) is 2.73. The Morgan fingerprint density at radius 2 is 0.697 bits per heavy atom. The zero-order valence-corrected chi connectivity index (χ0v) is 25.8. The largest absolute Gasteiger partial charge is 0.148 e. The van der Waals surface area contributed by atoms with Gasteiger partial charge in [0.2, 0.25) is 0 Å². The molecule has 0 saturated heterocycles. The van der Waals surface area contributed by atoms with Crippen LogP contribution in [0.3, 0.4) is 0 Å². The van der Waals surface area contributed by atoms with Crippen LogP contribution >= 0.6 is 11.8 Å². The molecule has 0 nitrogen and oxygen atoms in total. The fourth-order valence-electron chi connectivity index (χ4n) is 5.12. The Bertz CT molecular complexity index is 370. The molecule has 0 aliphatic rings. The van der Waals surface area contributed by atoms with Gasteiger partial charge < -0.3 is 0 Å². The summed E-state index contributed by atoms with van der Waals surface area (Å²) in [6.45, 7) is 24.3. The lowest BCUT2D eigenvalue weighted by atomic mass is 9.85. The normalized spacial score (nSPS) is 13.3. The Morgan fingerprint density at radius 3 is 0.909 bits per heavy atom. The van der Waals surface area contributed by atoms with E-state index < -0.39 is 0 Å². The van der Waals surface area contributed by atoms with Crippen molar-refractivity contribution in [2.75, 3.05) is 0 Å². The molecule has 0 radical (unpaired) electrons. The van der Waals surface area contributed by atoms with Crippen LogP contribution in [0.25, 0.3) is 0 Å². The summed E-state index contributed by atoms with van der Waals surface area (Å²) in [7, 11) is 0. The first-order valence-electron chi connectivity index (χ1n) is 15.2. The van der Waals surface area contributed by atoms with Crippen molar-refractivity contribution < 1.29 is 0 Å². The van der Waals surface area contributed by atoms with Gasteiger partial charge in [0.1, 0.15) is 0 Å². The molecule has 0 unspecified atom stereocenters. The van der Waals surface area contributed by atoms with E-state index in [0.717, 1.165) is 23.7 Å². The van der Waals surface area contributed by atoms with E-state index in [2.05, 4.69) is 81.0 Å². The van der Waals surface area contributed by atoms with Gasteiger partial charge in [-0.05, 0) is 87.9 Å². The highest BCUT2D eigenvalue weighted by Gasteiger charge is 2.41. The van der Waals surface area contributed by atoms with Crippen LogP contribution in [-0.4, -0.2) is 9.49 Å². The molecule has 0 N–H and O–H groups in total. The molecule has 0 heterocycles. The van der Waals surface area contributed by atoms with E-state index in [1.54, 1.807) is 0 Å². The first kappa shape index (κ1) is 33.4. The SMILES string of the molecule is CCCCCC(CCC(C)C)(CCC(C)C)SC(CCCCC)(CCC(C)C)CCC(C)C. The van der Waals surface area contributed by atoms with Gasteiger partial charge in [0.05, 0.1) is 0 Å². The van der Waals surface area contributed by atoms with Crippen LogP contribution in [0.1, 0.15) is 172 Å². The second kappa shape index (κ2) is 18.6. The number of unbranched alkanes of at least 4 members (excludes halogenated alkanes) is 4. The second-order valence-electron chi connectivity index (χ2n) is 13.1. The molecule has 0 atom stereocenters. The lowest BCUT2D eigenvalue weighted by Crippen LogP contribution is -2.37. The first-order chi connectivity index (χ1) is 15.5. The molecule has 0 spiro atoms. The Morgan fingerprint density at radius 1 is 0.424 bits per heavy atom. The van der Waals surface area contributed by atoms with Crippen LogP contribution in [-0.2, 0) is 0 Å². The van der Waals surface area contributed by atoms with E-state index in [1.807, 2.05) is 0 Å². The van der Waals surface area contributed by atoms with E-state index in [0.29, 0.717) is 9.49 Å². The summed E-state index contributed by atoms with van der Waals surface area (Å²) in [4.78, 5) is 0. The van der Waals surface area contributed by atoms with Crippen molar-refractivity contribution in [3.63, 3.8) is 0 Å². The summed E-state index contributed by atoms with van der Waals surface area (Å²) in [5.41, 5.74) is 0. The first-order valence-corrected chi connectivity index (χ1v) is 16.0. The van der Waals surface area contributed by atoms with E-state index in [4.69, 9.17) is 0 Å². The quantitative estimate of drug-likeness (QED) is 0.138. The minimum Gasteiger partial charge on any atom is -0.148 e. The second-order valence-corrected chi connectivity index (χ2v) is 15.0. The molecule has 0 aromatic heterocycles. The van der Waals surface area contributed by atoms with Crippen molar-refractivity contribution in [3.05, 3.63) is 0 Å². The van der Waals surface area contributed by atoms with Crippen molar-refractivity contribution >= 4 is 11.8 Å². The van der Waals surface area contributed by atoms with Crippen molar-refractivity contribution in [3.8, 4) is 0 Å². The van der Waals surface area contributed by atoms with Crippen LogP contribution in [0.5, 0.6) is 0 Å². The zero-order chi connectivity index (χ0) is 25.3. The summed E-state index contributed by atoms with van der Waals surface area (Å²) >= 11 is 2.55. The van der Waals surface area contributed by atoms with Gasteiger partial charge in [-0.3, -0.25) is 0 Å². The highest BCUT2D eigenvalue weighted by atomic mass is 32.2. The van der Waals surface area contributed by atoms with Gasteiger partial charge in [-0.15, -0.1) is 11.8 Å². The van der Waals surface area contributed by atoms with Gasteiger partial charge in [0, 0.05) is 9.49 Å². The Kier molecular flexibility index (Phi) is 18.8. The Labute approximate surface area is 216 Å². The van der Waals surface area contributed by atoms with Gasteiger partial charge in [0.15, 0.2) is 0 Å². The zero-order valence-electron chi connectivity index (χ0n) is 25.0. The summed E-state index contributed by atoms with van der Waals surface area (Å²) in [6, 6.07) is 0. The third kappa shape index (κ3) is 16.6. The predicted molar refractivity (Wildman–Crippen MR) is 158 cm³/mol. The van der Waals surface area contributed by atoms with Crippen molar-refractivity contribution in [1.82, 2.24) is 0 Å². The molecular weight excluding hydrogens is 416 g/mol. The molecule has 0 aromatic rings. The number of hydrogen-bond acceptors (Lipinski definition) is 1. The van der Waals surface area contributed by atoms with Crippen LogP contribution in [0, 0.1) is 23.7 Å². The van der Waals surface area contributed by atoms with E-state index in [9.17, 15) is 0 Å². The average molecular weight is 483 g/mol. The maximum Gasteiger partial charge on any atom is 0.0165 e. The molecular formula is C32H66S. The fourth-order valence-corrected chi connectivity index (χ4v) is 7.41. The number of rotatable bonds is 22. The lowest BCUT2D eigenvalue weighted by Gasteiger charge is -2.46. The molecule has 0 fully saturated rings. The van der Waals surface area contributed by atoms with Crippen molar-refractivity contribution in [1.29, 1.82) is 0 Å². The lowest BCUT2D eigenvalue weighted by molar-refractivity contribution is 0.347. The highest BCUT2D eigenvalue weighted by molar-refractivity contribution is 8.02. The molecule has 1 heteroatoms. The maximum atomic E-state index is 2.55. The fraction of sp³-hybridized carbons (Fsp3) is 1.00. The van der Waals surface area contributed by atoms with Crippen LogP contribution < -0.4 is 0 Å². The van der Waals surface area contributed by atoms with Gasteiger partial charge >= 0.3 is 0 Å². The summed E-state index contributed by atoms with van der Waals surface area (Å²) in [5, 5.41) is 0. The topological polar surface area (TPSA) is 0 Å². The predicted octanol–water partition coefficient (Wildman–Crippen LogP) is 12.1. The number of hydrogen-bond donors (Lipinski definition) is 0. The van der Waals surface area contributed by atoms with Gasteiger partial charge in [0.25, 0.3) is 0 Å². The molecule has 33 heavy (non-hydrogen) atoms. The summed E-state index contributed by atoms with van der Waals surface area (Å²) < 4.78 is 0.980.